The molecular formula is C20H18N4. The monoisotopic (exact) mass is 314 g/mol. The highest BCUT2D eigenvalue weighted by atomic mass is 15.1. The summed E-state index contributed by atoms with van der Waals surface area (Å²) in [7, 11) is 0. The van der Waals surface area contributed by atoms with E-state index in [4.69, 9.17) is 11.7 Å². The van der Waals surface area contributed by atoms with Crippen molar-refractivity contribution in [3.05, 3.63) is 64.2 Å². The third kappa shape index (κ3) is 2.59. The first kappa shape index (κ1) is 15.6. The van der Waals surface area contributed by atoms with Crippen molar-refractivity contribution in [1.29, 1.82) is 5.26 Å². The second kappa shape index (κ2) is 6.10. The zero-order chi connectivity index (χ0) is 17.3. The Morgan fingerprint density at radius 1 is 1.17 bits per heavy atom. The zero-order valence-electron chi connectivity index (χ0n) is 14.0. The van der Waals surface area contributed by atoms with Gasteiger partial charge in [0, 0.05) is 22.6 Å². The molecule has 2 heterocycles. The van der Waals surface area contributed by atoms with Crippen molar-refractivity contribution in [3.63, 3.8) is 0 Å². The van der Waals surface area contributed by atoms with Crippen LogP contribution in [-0.2, 0) is 6.54 Å². The fourth-order valence-electron chi connectivity index (χ4n) is 3.08. The summed E-state index contributed by atoms with van der Waals surface area (Å²) in [4.78, 5) is 0. The fraction of sp³-hybridized carbons (Fsp3) is 0.200. The van der Waals surface area contributed by atoms with E-state index >= 15 is 0 Å². The molecule has 118 valence electrons. The molecule has 0 bridgehead atoms. The van der Waals surface area contributed by atoms with Crippen LogP contribution in [0.2, 0.25) is 0 Å². The Kier molecular flexibility index (Phi) is 3.98. The van der Waals surface area contributed by atoms with E-state index in [9.17, 15) is 0 Å². The number of H-pyrrole nitrogens is 1. The Bertz CT molecular complexity index is 973. The summed E-state index contributed by atoms with van der Waals surface area (Å²) in [5, 5.41) is 16.3. The average molecular weight is 314 g/mol. The molecule has 0 unspecified atom stereocenters. The second-order valence-electron chi connectivity index (χ2n) is 5.88. The highest BCUT2D eigenvalue weighted by molar-refractivity contribution is 5.76. The molecule has 1 N–H and O–H groups in total. The topological polar surface area (TPSA) is 57.4 Å². The highest BCUT2D eigenvalue weighted by Gasteiger charge is 2.18. The van der Waals surface area contributed by atoms with Crippen molar-refractivity contribution in [2.75, 3.05) is 0 Å². The number of benzene rings is 1. The summed E-state index contributed by atoms with van der Waals surface area (Å²) in [6.07, 6.45) is 5.79. The lowest BCUT2D eigenvalue weighted by Crippen LogP contribution is -2.04. The number of rotatable bonds is 3. The molecule has 4 heteroatoms. The molecule has 3 aromatic rings. The van der Waals surface area contributed by atoms with Crippen LogP contribution in [0.5, 0.6) is 0 Å². The molecule has 0 fully saturated rings. The molecule has 0 saturated carbocycles. The van der Waals surface area contributed by atoms with Crippen molar-refractivity contribution >= 4 is 0 Å². The maximum atomic E-state index is 8.97. The summed E-state index contributed by atoms with van der Waals surface area (Å²) >= 11 is 0. The smallest absolute Gasteiger partial charge is 0.0991 e. The minimum absolute atomic E-state index is 0.641. The van der Waals surface area contributed by atoms with Crippen LogP contribution < -0.4 is 0 Å². The lowest BCUT2D eigenvalue weighted by atomic mass is 10.00. The molecule has 1 aromatic carbocycles. The molecule has 0 aliphatic carbocycles. The molecule has 0 saturated heterocycles. The largest absolute Gasteiger partial charge is 0.341 e. The van der Waals surface area contributed by atoms with Gasteiger partial charge >= 0.3 is 0 Å². The van der Waals surface area contributed by atoms with Gasteiger partial charge in [-0.2, -0.15) is 10.4 Å². The molecule has 0 radical (unpaired) electrons. The van der Waals surface area contributed by atoms with Crippen LogP contribution in [0.3, 0.4) is 0 Å². The van der Waals surface area contributed by atoms with E-state index < -0.39 is 0 Å². The van der Waals surface area contributed by atoms with Crippen molar-refractivity contribution < 1.29 is 0 Å². The van der Waals surface area contributed by atoms with Crippen LogP contribution in [0.15, 0.2) is 30.3 Å². The third-order valence-corrected chi connectivity index (χ3v) is 4.31. The van der Waals surface area contributed by atoms with E-state index in [2.05, 4.69) is 33.7 Å². The zero-order valence-corrected chi connectivity index (χ0v) is 14.0. The van der Waals surface area contributed by atoms with Gasteiger partial charge in [0.25, 0.3) is 0 Å². The minimum Gasteiger partial charge on any atom is -0.341 e. The summed E-state index contributed by atoms with van der Waals surface area (Å²) in [5.41, 5.74) is 7.78. The third-order valence-electron chi connectivity index (χ3n) is 4.31. The van der Waals surface area contributed by atoms with E-state index in [1.165, 1.54) is 0 Å². The Balaban J connectivity index is 2.11. The van der Waals surface area contributed by atoms with Gasteiger partial charge in [0.05, 0.1) is 29.4 Å². The molecule has 24 heavy (non-hydrogen) atoms. The first-order valence-corrected chi connectivity index (χ1v) is 7.73. The lowest BCUT2D eigenvalue weighted by Gasteiger charge is -2.08. The molecular weight excluding hydrogens is 296 g/mol. The van der Waals surface area contributed by atoms with Crippen LogP contribution in [0, 0.1) is 44.4 Å². The number of terminal acetylenes is 1. The maximum Gasteiger partial charge on any atom is 0.0991 e. The maximum absolute atomic E-state index is 8.97. The van der Waals surface area contributed by atoms with Crippen molar-refractivity contribution in [2.45, 2.75) is 27.3 Å². The first-order valence-electron chi connectivity index (χ1n) is 7.73. The van der Waals surface area contributed by atoms with E-state index in [0.717, 1.165) is 39.5 Å². The Hall–Kier alpha value is -3.24. The van der Waals surface area contributed by atoms with Gasteiger partial charge in [-0.3, -0.25) is 5.10 Å². The summed E-state index contributed by atoms with van der Waals surface area (Å²) < 4.78 is 2.19. The van der Waals surface area contributed by atoms with Gasteiger partial charge in [0.2, 0.25) is 0 Å². The van der Waals surface area contributed by atoms with Gasteiger partial charge in [0.15, 0.2) is 0 Å². The normalized spacial score (nSPS) is 10.4. The standard InChI is InChI=1S/C20H18N4/c1-5-19-14(3)24(12-18-10-13(2)22-23-18)15(4)20(19)17-8-6-16(11-21)7-9-17/h1,6-10H,12H2,2-4H3,(H,22,23). The molecule has 3 rings (SSSR count). The Morgan fingerprint density at radius 3 is 2.42 bits per heavy atom. The van der Waals surface area contributed by atoms with E-state index in [-0.39, 0.29) is 0 Å². The first-order chi connectivity index (χ1) is 11.5. The number of nitrogens with one attached hydrogen (secondary N) is 1. The van der Waals surface area contributed by atoms with Gasteiger partial charge in [-0.15, -0.1) is 6.42 Å². The number of aryl methyl sites for hydroxylation is 1. The molecule has 0 spiro atoms. The summed E-state index contributed by atoms with van der Waals surface area (Å²) in [6, 6.07) is 11.7. The van der Waals surface area contributed by atoms with E-state index in [0.29, 0.717) is 12.1 Å². The van der Waals surface area contributed by atoms with Crippen LogP contribution in [-0.4, -0.2) is 14.8 Å². The molecule has 0 aliphatic heterocycles. The molecule has 2 aromatic heterocycles. The fourth-order valence-corrected chi connectivity index (χ4v) is 3.08. The van der Waals surface area contributed by atoms with Gasteiger partial charge in [-0.25, -0.2) is 0 Å². The SMILES string of the molecule is C#Cc1c(-c2ccc(C#N)cc2)c(C)n(Cc2cc(C)[nH]n2)c1C. The van der Waals surface area contributed by atoms with Crippen LogP contribution in [0.4, 0.5) is 0 Å². The molecule has 0 atom stereocenters. The molecule has 0 aliphatic rings. The molecule has 4 nitrogen and oxygen atoms in total. The second-order valence-corrected chi connectivity index (χ2v) is 5.88. The quantitative estimate of drug-likeness (QED) is 0.749. The van der Waals surface area contributed by atoms with Crippen molar-refractivity contribution in [1.82, 2.24) is 14.8 Å². The van der Waals surface area contributed by atoms with Crippen LogP contribution in [0.1, 0.15) is 33.9 Å². The number of aromatic nitrogens is 3. The van der Waals surface area contributed by atoms with Crippen molar-refractivity contribution in [3.8, 4) is 29.5 Å². The van der Waals surface area contributed by atoms with Gasteiger partial charge < -0.3 is 4.57 Å². The Morgan fingerprint density at radius 2 is 1.88 bits per heavy atom. The van der Waals surface area contributed by atoms with Gasteiger partial charge in [0.1, 0.15) is 0 Å². The number of hydrogen-bond acceptors (Lipinski definition) is 2. The predicted octanol–water partition coefficient (Wildman–Crippen LogP) is 3.70. The van der Waals surface area contributed by atoms with Gasteiger partial charge in [-0.1, -0.05) is 18.1 Å². The number of nitriles is 1. The summed E-state index contributed by atoms with van der Waals surface area (Å²) in [5.74, 6) is 2.83. The van der Waals surface area contributed by atoms with Crippen LogP contribution >= 0.6 is 0 Å². The number of hydrogen-bond donors (Lipinski definition) is 1. The van der Waals surface area contributed by atoms with Crippen molar-refractivity contribution in [2.24, 2.45) is 0 Å². The Labute approximate surface area is 141 Å². The average Bonchev–Trinajstić information content (AvgIpc) is 3.10. The van der Waals surface area contributed by atoms with E-state index in [1.807, 2.05) is 44.2 Å². The minimum atomic E-state index is 0.641. The molecule has 0 amide bonds. The summed E-state index contributed by atoms with van der Waals surface area (Å²) in [6.45, 7) is 6.77. The highest BCUT2D eigenvalue weighted by Crippen LogP contribution is 2.32. The van der Waals surface area contributed by atoms with Gasteiger partial charge in [-0.05, 0) is 44.5 Å². The number of nitrogens with zero attached hydrogens (tertiary/aromatic N) is 3. The number of aromatic amines is 1. The predicted molar refractivity (Wildman–Crippen MR) is 94.4 cm³/mol. The van der Waals surface area contributed by atoms with Crippen LogP contribution in [0.25, 0.3) is 11.1 Å². The van der Waals surface area contributed by atoms with E-state index in [1.54, 1.807) is 0 Å². The lowest BCUT2D eigenvalue weighted by molar-refractivity contribution is 0.726.